The Hall–Kier alpha value is -2.87. The molecule has 0 atom stereocenters. The number of esters is 1. The molecule has 9 heteroatoms. The predicted octanol–water partition coefficient (Wildman–Crippen LogP) is 2.58. The third-order valence-corrected chi connectivity index (χ3v) is 4.08. The summed E-state index contributed by atoms with van der Waals surface area (Å²) in [5.74, 6) is -0.0490. The topological polar surface area (TPSA) is 101 Å². The van der Waals surface area contributed by atoms with Crippen LogP contribution in [-0.2, 0) is 14.3 Å². The fourth-order valence-electron chi connectivity index (χ4n) is 2.29. The Labute approximate surface area is 148 Å². The van der Waals surface area contributed by atoms with E-state index in [0.29, 0.717) is 27.9 Å². The molecule has 0 aliphatic rings. The molecule has 3 aromatic rings. The zero-order valence-corrected chi connectivity index (χ0v) is 14.4. The number of fused-ring (bicyclic) bond motifs is 1. The van der Waals surface area contributed by atoms with Crippen molar-refractivity contribution in [1.29, 1.82) is 0 Å². The molecule has 130 valence electrons. The van der Waals surface area contributed by atoms with Crippen molar-refractivity contribution >= 4 is 34.8 Å². The standard InChI is InChI=1S/C16H16ClN5O3/c1-9-14(17)16-19-15(21-22(16)20-9)10-3-5-11(6-4-10)18-12(23)7-8-13(24)25-2/h3-6H,7-8H2,1-2H3,(H,18,23)(H,19,21). The van der Waals surface area contributed by atoms with Gasteiger partial charge in [0.25, 0.3) is 0 Å². The highest BCUT2D eigenvalue weighted by Gasteiger charge is 2.13. The molecule has 25 heavy (non-hydrogen) atoms. The third kappa shape index (κ3) is 3.63. The van der Waals surface area contributed by atoms with E-state index in [1.165, 1.54) is 11.7 Å². The summed E-state index contributed by atoms with van der Waals surface area (Å²) in [7, 11) is 1.29. The summed E-state index contributed by atoms with van der Waals surface area (Å²) in [5.41, 5.74) is 2.79. The van der Waals surface area contributed by atoms with E-state index in [1.807, 2.05) is 19.1 Å². The number of nitrogens with zero attached hydrogens (tertiary/aromatic N) is 3. The lowest BCUT2D eigenvalue weighted by atomic mass is 10.2. The third-order valence-electron chi connectivity index (χ3n) is 3.63. The van der Waals surface area contributed by atoms with Crippen LogP contribution in [0.15, 0.2) is 24.3 Å². The number of benzene rings is 1. The number of carbonyl (C=O) groups is 2. The van der Waals surface area contributed by atoms with E-state index in [2.05, 4.69) is 25.2 Å². The lowest BCUT2D eigenvalue weighted by Crippen LogP contribution is -2.13. The van der Waals surface area contributed by atoms with Crippen molar-refractivity contribution < 1.29 is 14.3 Å². The van der Waals surface area contributed by atoms with Crippen LogP contribution in [0.25, 0.3) is 17.0 Å². The van der Waals surface area contributed by atoms with Gasteiger partial charge in [0.05, 0.1) is 19.2 Å². The van der Waals surface area contributed by atoms with E-state index in [1.54, 1.807) is 12.1 Å². The second-order valence-corrected chi connectivity index (χ2v) is 5.79. The molecule has 0 bridgehead atoms. The fourth-order valence-corrected chi connectivity index (χ4v) is 2.45. The molecule has 8 nitrogen and oxygen atoms in total. The molecular formula is C16H16ClN5O3. The molecule has 0 aliphatic heterocycles. The lowest BCUT2D eigenvalue weighted by Gasteiger charge is -2.05. The van der Waals surface area contributed by atoms with Gasteiger partial charge in [-0.05, 0) is 31.2 Å². The fraction of sp³-hybridized carbons (Fsp3) is 0.250. The number of hydrogen-bond donors (Lipinski definition) is 2. The Kier molecular flexibility index (Phi) is 4.71. The first-order valence-electron chi connectivity index (χ1n) is 7.56. The molecule has 0 saturated carbocycles. The minimum absolute atomic E-state index is 0.0484. The molecule has 3 rings (SSSR count). The van der Waals surface area contributed by atoms with E-state index in [9.17, 15) is 9.59 Å². The molecule has 0 aliphatic carbocycles. The van der Waals surface area contributed by atoms with Crippen LogP contribution in [0.4, 0.5) is 5.69 Å². The highest BCUT2D eigenvalue weighted by Crippen LogP contribution is 2.24. The number of H-pyrrole nitrogens is 1. The van der Waals surface area contributed by atoms with Gasteiger partial charge >= 0.3 is 5.97 Å². The molecular weight excluding hydrogens is 346 g/mol. The summed E-state index contributed by atoms with van der Waals surface area (Å²) < 4.78 is 5.96. The smallest absolute Gasteiger partial charge is 0.306 e. The maximum Gasteiger partial charge on any atom is 0.306 e. The van der Waals surface area contributed by atoms with Gasteiger partial charge < -0.3 is 15.0 Å². The number of aryl methyl sites for hydroxylation is 1. The largest absolute Gasteiger partial charge is 0.469 e. The van der Waals surface area contributed by atoms with Gasteiger partial charge in [0.15, 0.2) is 11.5 Å². The zero-order chi connectivity index (χ0) is 18.0. The highest BCUT2D eigenvalue weighted by atomic mass is 35.5. The zero-order valence-electron chi connectivity index (χ0n) is 13.7. The minimum Gasteiger partial charge on any atom is -0.469 e. The first-order valence-corrected chi connectivity index (χ1v) is 7.94. The molecule has 2 heterocycles. The number of nitrogens with one attached hydrogen (secondary N) is 2. The number of aromatic nitrogens is 4. The number of carbonyl (C=O) groups excluding carboxylic acids is 2. The van der Waals surface area contributed by atoms with Crippen molar-refractivity contribution in [3.8, 4) is 11.4 Å². The van der Waals surface area contributed by atoms with Crippen LogP contribution >= 0.6 is 11.6 Å². The number of amides is 1. The Morgan fingerprint density at radius 2 is 1.96 bits per heavy atom. The van der Waals surface area contributed by atoms with Crippen molar-refractivity contribution in [2.75, 3.05) is 12.4 Å². The van der Waals surface area contributed by atoms with Gasteiger partial charge in [-0.3, -0.25) is 9.59 Å². The summed E-state index contributed by atoms with van der Waals surface area (Å²) in [4.78, 5) is 25.9. The highest BCUT2D eigenvalue weighted by molar-refractivity contribution is 6.34. The molecule has 2 aromatic heterocycles. The van der Waals surface area contributed by atoms with Crippen LogP contribution in [-0.4, -0.2) is 38.8 Å². The van der Waals surface area contributed by atoms with Crippen molar-refractivity contribution in [3.05, 3.63) is 35.0 Å². The number of ether oxygens (including phenoxy) is 1. The molecule has 2 N–H and O–H groups in total. The van der Waals surface area contributed by atoms with Crippen LogP contribution in [0.1, 0.15) is 18.5 Å². The first-order chi connectivity index (χ1) is 12.0. The van der Waals surface area contributed by atoms with Crippen LogP contribution in [0, 0.1) is 6.92 Å². The second-order valence-electron chi connectivity index (χ2n) is 5.41. The molecule has 0 spiro atoms. The van der Waals surface area contributed by atoms with Gasteiger partial charge in [0.1, 0.15) is 5.02 Å². The maximum absolute atomic E-state index is 11.8. The van der Waals surface area contributed by atoms with Gasteiger partial charge in [-0.15, -0.1) is 9.73 Å². The number of rotatable bonds is 5. The van der Waals surface area contributed by atoms with E-state index in [4.69, 9.17) is 11.6 Å². The van der Waals surface area contributed by atoms with E-state index in [-0.39, 0.29) is 18.7 Å². The van der Waals surface area contributed by atoms with Crippen molar-refractivity contribution in [1.82, 2.24) is 19.8 Å². The van der Waals surface area contributed by atoms with Gasteiger partial charge in [-0.1, -0.05) is 11.6 Å². The van der Waals surface area contributed by atoms with Crippen molar-refractivity contribution in [3.63, 3.8) is 0 Å². The first kappa shape index (κ1) is 17.0. The molecule has 0 fully saturated rings. The van der Waals surface area contributed by atoms with E-state index >= 15 is 0 Å². The van der Waals surface area contributed by atoms with Crippen molar-refractivity contribution in [2.45, 2.75) is 19.8 Å². The average molecular weight is 362 g/mol. The van der Waals surface area contributed by atoms with Gasteiger partial charge in [0.2, 0.25) is 5.91 Å². The Morgan fingerprint density at radius 1 is 1.24 bits per heavy atom. The maximum atomic E-state index is 11.8. The summed E-state index contributed by atoms with van der Waals surface area (Å²) in [6.45, 7) is 1.81. The SMILES string of the molecule is COC(=O)CCC(=O)Nc1ccc(-c2nn3nc(C)c(Cl)c3[nH]2)cc1. The molecule has 1 aromatic carbocycles. The number of hydrogen-bond acceptors (Lipinski definition) is 5. The Bertz CT molecular complexity index is 929. The number of aromatic amines is 1. The quantitative estimate of drug-likeness (QED) is 0.680. The van der Waals surface area contributed by atoms with Crippen LogP contribution < -0.4 is 5.32 Å². The van der Waals surface area contributed by atoms with Crippen LogP contribution in [0.2, 0.25) is 5.02 Å². The number of halogens is 1. The summed E-state index contributed by atoms with van der Waals surface area (Å²) in [6, 6.07) is 7.14. The second kappa shape index (κ2) is 6.94. The van der Waals surface area contributed by atoms with Crippen molar-refractivity contribution in [2.24, 2.45) is 0 Å². The minimum atomic E-state index is -0.415. The summed E-state index contributed by atoms with van der Waals surface area (Å²) >= 11 is 6.15. The van der Waals surface area contributed by atoms with Crippen LogP contribution in [0.3, 0.4) is 0 Å². The average Bonchev–Trinajstić information content (AvgIpc) is 3.13. The number of anilines is 1. The molecule has 0 radical (unpaired) electrons. The monoisotopic (exact) mass is 361 g/mol. The Balaban J connectivity index is 1.68. The van der Waals surface area contributed by atoms with E-state index in [0.717, 1.165) is 5.56 Å². The van der Waals surface area contributed by atoms with Crippen LogP contribution in [0.5, 0.6) is 0 Å². The lowest BCUT2D eigenvalue weighted by molar-refractivity contribution is -0.141. The van der Waals surface area contributed by atoms with Gasteiger partial charge in [0, 0.05) is 17.7 Å². The molecule has 0 unspecified atom stereocenters. The van der Waals surface area contributed by atoms with Gasteiger partial charge in [-0.2, -0.15) is 5.10 Å². The Morgan fingerprint density at radius 3 is 2.60 bits per heavy atom. The molecule has 1 amide bonds. The van der Waals surface area contributed by atoms with Gasteiger partial charge in [-0.25, -0.2) is 0 Å². The molecule has 0 saturated heterocycles. The van der Waals surface area contributed by atoms with E-state index < -0.39 is 5.97 Å². The summed E-state index contributed by atoms with van der Waals surface area (Å²) in [6.07, 6.45) is 0.119. The predicted molar refractivity (Wildman–Crippen MR) is 92.4 cm³/mol. The normalized spacial score (nSPS) is 10.8. The summed E-state index contributed by atoms with van der Waals surface area (Å²) in [5, 5.41) is 11.8. The number of methoxy groups -OCH3 is 1.